The van der Waals surface area contributed by atoms with E-state index in [1.54, 1.807) is 20.3 Å². The molecule has 214 valence electrons. The fourth-order valence-corrected chi connectivity index (χ4v) is 5.33. The van der Waals surface area contributed by atoms with Crippen molar-refractivity contribution < 1.29 is 38.3 Å². The van der Waals surface area contributed by atoms with E-state index in [2.05, 4.69) is 36.4 Å². The molecule has 1 aliphatic heterocycles. The molecule has 1 N–H and O–H groups in total. The molecule has 0 spiro atoms. The summed E-state index contributed by atoms with van der Waals surface area (Å²) in [6.07, 6.45) is 5.95. The Morgan fingerprint density at radius 1 is 0.902 bits per heavy atom. The number of rotatable bonds is 11. The first kappa shape index (κ1) is 28.4. The number of ether oxygens (including phenoxy) is 6. The zero-order valence-electron chi connectivity index (χ0n) is 23.4. The first-order valence-corrected chi connectivity index (χ1v) is 13.4. The van der Waals surface area contributed by atoms with Gasteiger partial charge in [-0.15, -0.1) is 0 Å². The quantitative estimate of drug-likeness (QED) is 0.263. The van der Waals surface area contributed by atoms with Gasteiger partial charge in [-0.05, 0) is 64.2 Å². The average molecular weight is 559 g/mol. The second-order valence-electron chi connectivity index (χ2n) is 9.75. The van der Waals surface area contributed by atoms with Crippen molar-refractivity contribution in [3.8, 4) is 17.2 Å². The topological polar surface area (TPSA) is 92.7 Å². The lowest BCUT2D eigenvalue weighted by Gasteiger charge is -2.40. The van der Waals surface area contributed by atoms with Crippen molar-refractivity contribution >= 4 is 12.0 Å². The number of hydrogen-bond donors (Lipinski definition) is 1. The Morgan fingerprint density at radius 2 is 1.56 bits per heavy atom. The molecule has 0 fully saturated rings. The van der Waals surface area contributed by atoms with Crippen LogP contribution in [0.1, 0.15) is 38.7 Å². The third-order valence-corrected chi connectivity index (χ3v) is 7.45. The predicted molar refractivity (Wildman–Crippen MR) is 154 cm³/mol. The largest absolute Gasteiger partial charge is 0.497 e. The Kier molecular flexibility index (Phi) is 8.73. The first-order valence-electron chi connectivity index (χ1n) is 13.4. The lowest BCUT2D eigenvalue weighted by atomic mass is 9.71. The Labute approximate surface area is 239 Å². The molecule has 1 heterocycles. The molecular weight excluding hydrogens is 524 g/mol. The summed E-state index contributed by atoms with van der Waals surface area (Å²) in [5.41, 5.74) is 4.63. The Morgan fingerprint density at radius 3 is 2.15 bits per heavy atom. The molecule has 1 aliphatic carbocycles. The van der Waals surface area contributed by atoms with E-state index in [0.29, 0.717) is 17.9 Å². The lowest BCUT2D eigenvalue weighted by Crippen LogP contribution is -2.37. The van der Waals surface area contributed by atoms with Crippen LogP contribution in [0.5, 0.6) is 17.2 Å². The van der Waals surface area contributed by atoms with E-state index in [1.807, 2.05) is 36.4 Å². The third-order valence-electron chi connectivity index (χ3n) is 7.45. The summed E-state index contributed by atoms with van der Waals surface area (Å²) in [5.74, 6) is 1.46. The number of methoxy groups -OCH3 is 3. The van der Waals surface area contributed by atoms with E-state index in [-0.39, 0.29) is 32.5 Å². The minimum Gasteiger partial charge on any atom is -0.497 e. The number of carbonyl (C=O) groups excluding carboxylic acids is 1. The second-order valence-corrected chi connectivity index (χ2v) is 9.75. The highest BCUT2D eigenvalue weighted by Gasteiger charge is 2.40. The van der Waals surface area contributed by atoms with Crippen molar-refractivity contribution in [1.82, 2.24) is 0 Å². The van der Waals surface area contributed by atoms with Crippen molar-refractivity contribution in [2.45, 2.75) is 11.5 Å². The molecular formula is C33H34O8. The van der Waals surface area contributed by atoms with Crippen molar-refractivity contribution in [3.05, 3.63) is 106 Å². The average Bonchev–Trinajstić information content (AvgIpc) is 3.03. The Balaban J connectivity index is 1.54. The minimum absolute atomic E-state index is 0.0630. The van der Waals surface area contributed by atoms with Crippen LogP contribution >= 0.6 is 0 Å². The van der Waals surface area contributed by atoms with Crippen LogP contribution in [0.15, 0.2) is 78.4 Å². The highest BCUT2D eigenvalue weighted by Crippen LogP contribution is 2.47. The Hall–Kier alpha value is -4.11. The van der Waals surface area contributed by atoms with Crippen molar-refractivity contribution in [2.75, 3.05) is 54.4 Å². The molecule has 0 saturated carbocycles. The van der Waals surface area contributed by atoms with E-state index in [9.17, 15) is 4.79 Å². The molecule has 8 heteroatoms. The van der Waals surface area contributed by atoms with E-state index in [1.165, 1.54) is 7.11 Å². The molecule has 0 saturated heterocycles. The summed E-state index contributed by atoms with van der Waals surface area (Å²) in [4.78, 5) is 12.7. The minimum atomic E-state index is -0.560. The number of esters is 1. The second kappa shape index (κ2) is 12.6. The normalized spacial score (nSPS) is 16.7. The van der Waals surface area contributed by atoms with Crippen molar-refractivity contribution in [2.24, 2.45) is 0 Å². The number of aliphatic hydroxyl groups is 1. The molecule has 1 unspecified atom stereocenters. The molecule has 3 aromatic rings. The number of aliphatic hydroxyl groups excluding tert-OH is 1. The van der Waals surface area contributed by atoms with Gasteiger partial charge in [0, 0.05) is 0 Å². The van der Waals surface area contributed by atoms with Gasteiger partial charge in [-0.25, -0.2) is 4.79 Å². The van der Waals surface area contributed by atoms with Crippen molar-refractivity contribution in [1.29, 1.82) is 0 Å². The number of hydrogen-bond acceptors (Lipinski definition) is 8. The monoisotopic (exact) mass is 558 g/mol. The SMILES string of the molecule is COC(=O)c1cc2c(cc1OCCOCCO)C=CC1=CC(c3ccc(OC)cc3)(c3ccc(OC)cc3)COC12. The number of benzene rings is 3. The summed E-state index contributed by atoms with van der Waals surface area (Å²) >= 11 is 0. The van der Waals surface area contributed by atoms with Gasteiger partial charge in [0.05, 0.1) is 53.2 Å². The summed E-state index contributed by atoms with van der Waals surface area (Å²) in [5, 5.41) is 8.90. The molecule has 0 amide bonds. The highest BCUT2D eigenvalue weighted by molar-refractivity contribution is 5.93. The fraction of sp³-hybridized carbons (Fsp3) is 0.303. The predicted octanol–water partition coefficient (Wildman–Crippen LogP) is 4.89. The number of fused-ring (bicyclic) bond motifs is 3. The van der Waals surface area contributed by atoms with Crippen LogP contribution in [0.25, 0.3) is 6.08 Å². The maximum absolute atomic E-state index is 12.7. The van der Waals surface area contributed by atoms with Gasteiger partial charge >= 0.3 is 5.97 Å². The van der Waals surface area contributed by atoms with Gasteiger partial charge < -0.3 is 33.5 Å². The van der Waals surface area contributed by atoms with Gasteiger partial charge in [0.2, 0.25) is 0 Å². The van der Waals surface area contributed by atoms with Gasteiger partial charge in [-0.3, -0.25) is 0 Å². The first-order chi connectivity index (χ1) is 20.0. The molecule has 3 aromatic carbocycles. The van der Waals surface area contributed by atoms with Crippen LogP contribution in [0.2, 0.25) is 0 Å². The van der Waals surface area contributed by atoms with Crippen molar-refractivity contribution in [3.63, 3.8) is 0 Å². The maximum atomic E-state index is 12.7. The van der Waals surface area contributed by atoms with E-state index >= 15 is 0 Å². The third kappa shape index (κ3) is 5.72. The summed E-state index contributed by atoms with van der Waals surface area (Å²) in [7, 11) is 4.65. The number of carbonyl (C=O) groups is 1. The smallest absolute Gasteiger partial charge is 0.341 e. The van der Waals surface area contributed by atoms with Gasteiger partial charge in [0.25, 0.3) is 0 Å². The molecule has 5 rings (SSSR count). The van der Waals surface area contributed by atoms with Crippen LogP contribution in [0.3, 0.4) is 0 Å². The summed E-state index contributed by atoms with van der Waals surface area (Å²) in [6.45, 7) is 1.05. The molecule has 1 atom stereocenters. The van der Waals surface area contributed by atoms with E-state index < -0.39 is 11.4 Å². The molecule has 0 bridgehead atoms. The van der Waals surface area contributed by atoms with Crippen LogP contribution in [0, 0.1) is 0 Å². The fourth-order valence-electron chi connectivity index (χ4n) is 5.33. The summed E-state index contributed by atoms with van der Waals surface area (Å²) in [6, 6.07) is 19.7. The zero-order chi connectivity index (χ0) is 28.8. The van der Waals surface area contributed by atoms with Gasteiger partial charge in [-0.1, -0.05) is 42.5 Å². The van der Waals surface area contributed by atoms with E-state index in [0.717, 1.165) is 39.3 Å². The van der Waals surface area contributed by atoms with Gasteiger partial charge in [0.15, 0.2) is 0 Å². The standard InChI is InChI=1S/C33H34O8/c1-36-26-10-6-24(7-11-26)33(25-8-12-27(37-2)13-9-25)20-23-5-4-22-18-30(40-17-16-39-15-14-34)29(32(35)38-3)19-28(22)31(23)41-21-33/h4-13,18-20,31,34H,14-17,21H2,1-3H3. The maximum Gasteiger partial charge on any atom is 0.341 e. The van der Waals surface area contributed by atoms with Crippen LogP contribution in [0.4, 0.5) is 0 Å². The summed E-state index contributed by atoms with van der Waals surface area (Å²) < 4.78 is 33.7. The van der Waals surface area contributed by atoms with Gasteiger partial charge in [-0.2, -0.15) is 0 Å². The van der Waals surface area contributed by atoms with Crippen LogP contribution in [-0.4, -0.2) is 65.4 Å². The zero-order valence-corrected chi connectivity index (χ0v) is 23.4. The highest BCUT2D eigenvalue weighted by atomic mass is 16.5. The lowest BCUT2D eigenvalue weighted by molar-refractivity contribution is 0.0451. The molecule has 0 radical (unpaired) electrons. The van der Waals surface area contributed by atoms with Gasteiger partial charge in [0.1, 0.15) is 35.5 Å². The molecule has 41 heavy (non-hydrogen) atoms. The van der Waals surface area contributed by atoms with Crippen LogP contribution < -0.4 is 14.2 Å². The Bertz CT molecular complexity index is 1380. The van der Waals surface area contributed by atoms with E-state index in [4.69, 9.17) is 33.5 Å². The van der Waals surface area contributed by atoms with Crippen LogP contribution in [-0.2, 0) is 19.6 Å². The molecule has 2 aliphatic rings. The molecule has 8 nitrogen and oxygen atoms in total. The molecule has 0 aromatic heterocycles.